The fourth-order valence-electron chi connectivity index (χ4n) is 1.78. The van der Waals surface area contributed by atoms with Crippen LogP contribution in [-0.4, -0.2) is 21.3 Å². The molecule has 3 N–H and O–H groups in total. The number of amides is 1. The molecular formula is C13H18N4O. The van der Waals surface area contributed by atoms with Crippen LogP contribution in [0.3, 0.4) is 0 Å². The van der Waals surface area contributed by atoms with Gasteiger partial charge in [0.25, 0.3) is 0 Å². The Bertz CT molecular complexity index is 559. The molecule has 1 amide bonds. The molecule has 0 bridgehead atoms. The van der Waals surface area contributed by atoms with Crippen molar-refractivity contribution in [3.8, 4) is 0 Å². The van der Waals surface area contributed by atoms with E-state index in [9.17, 15) is 4.79 Å². The predicted octanol–water partition coefficient (Wildman–Crippen LogP) is 0.996. The van der Waals surface area contributed by atoms with Crippen LogP contribution in [0.15, 0.2) is 24.5 Å². The van der Waals surface area contributed by atoms with Crippen LogP contribution in [-0.2, 0) is 11.3 Å². The molecule has 0 saturated heterocycles. The van der Waals surface area contributed by atoms with Gasteiger partial charge in [-0.25, -0.2) is 4.98 Å². The minimum absolute atomic E-state index is 0.0433. The van der Waals surface area contributed by atoms with Crippen molar-refractivity contribution in [2.45, 2.75) is 32.9 Å². The number of carbonyl (C=O) groups excluding carboxylic acids is 1. The number of hydrogen-bond acceptors (Lipinski definition) is 3. The van der Waals surface area contributed by atoms with Crippen LogP contribution in [0, 0.1) is 6.92 Å². The maximum absolute atomic E-state index is 11.5. The summed E-state index contributed by atoms with van der Waals surface area (Å²) >= 11 is 0. The van der Waals surface area contributed by atoms with Gasteiger partial charge in [-0.3, -0.25) is 4.79 Å². The second kappa shape index (κ2) is 5.18. The largest absolute Gasteiger partial charge is 0.350 e. The Hall–Kier alpha value is -1.88. The van der Waals surface area contributed by atoms with Gasteiger partial charge in [0.1, 0.15) is 5.65 Å². The first-order valence-corrected chi connectivity index (χ1v) is 6.01. The van der Waals surface area contributed by atoms with E-state index in [0.717, 1.165) is 11.3 Å². The van der Waals surface area contributed by atoms with Gasteiger partial charge in [0.2, 0.25) is 5.91 Å². The molecule has 0 aliphatic rings. The molecule has 0 radical (unpaired) electrons. The normalized spacial score (nSPS) is 12.6. The van der Waals surface area contributed by atoms with E-state index in [4.69, 9.17) is 5.73 Å². The molecule has 0 fully saturated rings. The molecule has 5 nitrogen and oxygen atoms in total. The van der Waals surface area contributed by atoms with Crippen molar-refractivity contribution in [2.24, 2.45) is 5.73 Å². The summed E-state index contributed by atoms with van der Waals surface area (Å²) in [7, 11) is 0. The smallest absolute Gasteiger partial charge is 0.221 e. The first-order chi connectivity index (χ1) is 8.54. The zero-order chi connectivity index (χ0) is 13.1. The Labute approximate surface area is 106 Å². The fraction of sp³-hybridized carbons (Fsp3) is 0.385. The van der Waals surface area contributed by atoms with Crippen molar-refractivity contribution in [3.05, 3.63) is 35.8 Å². The van der Waals surface area contributed by atoms with E-state index in [1.54, 1.807) is 0 Å². The minimum Gasteiger partial charge on any atom is -0.350 e. The number of nitrogens with two attached hydrogens (primary N) is 1. The first kappa shape index (κ1) is 12.6. The zero-order valence-corrected chi connectivity index (χ0v) is 10.7. The standard InChI is InChI=1S/C13H18N4O/c1-9-3-4-17-8-11(16-12(17)5-9)7-15-13(18)6-10(2)14/h3-5,8,10H,6-7,14H2,1-2H3,(H,15,18). The molecule has 2 heterocycles. The number of aryl methyl sites for hydroxylation is 1. The number of nitrogens with one attached hydrogen (secondary N) is 1. The van der Waals surface area contributed by atoms with Gasteiger partial charge in [-0.05, 0) is 31.5 Å². The molecule has 0 aliphatic carbocycles. The van der Waals surface area contributed by atoms with E-state index in [-0.39, 0.29) is 11.9 Å². The van der Waals surface area contributed by atoms with Crippen LogP contribution in [0.5, 0.6) is 0 Å². The lowest BCUT2D eigenvalue weighted by atomic mass is 10.2. The molecule has 0 spiro atoms. The number of imidazole rings is 1. The number of aromatic nitrogens is 2. The van der Waals surface area contributed by atoms with E-state index >= 15 is 0 Å². The van der Waals surface area contributed by atoms with Crippen LogP contribution in [0.1, 0.15) is 24.6 Å². The van der Waals surface area contributed by atoms with E-state index in [2.05, 4.69) is 10.3 Å². The second-order valence-electron chi connectivity index (χ2n) is 4.66. The second-order valence-corrected chi connectivity index (χ2v) is 4.66. The summed E-state index contributed by atoms with van der Waals surface area (Å²) in [5.74, 6) is -0.0433. The highest BCUT2D eigenvalue weighted by molar-refractivity contribution is 5.76. The van der Waals surface area contributed by atoms with Crippen molar-refractivity contribution >= 4 is 11.6 Å². The fourth-order valence-corrected chi connectivity index (χ4v) is 1.78. The third-order valence-electron chi connectivity index (χ3n) is 2.64. The van der Waals surface area contributed by atoms with Gasteiger partial charge in [-0.2, -0.15) is 0 Å². The molecule has 1 unspecified atom stereocenters. The third kappa shape index (κ3) is 3.07. The van der Waals surface area contributed by atoms with Crippen molar-refractivity contribution in [3.63, 3.8) is 0 Å². The van der Waals surface area contributed by atoms with Crippen LogP contribution in [0.2, 0.25) is 0 Å². The average Bonchev–Trinajstić information content (AvgIpc) is 2.67. The van der Waals surface area contributed by atoms with Crippen LogP contribution < -0.4 is 11.1 Å². The minimum atomic E-state index is -0.117. The lowest BCUT2D eigenvalue weighted by Gasteiger charge is -2.05. The summed E-state index contributed by atoms with van der Waals surface area (Å²) in [5.41, 5.74) is 8.47. The molecule has 0 aliphatic heterocycles. The summed E-state index contributed by atoms with van der Waals surface area (Å²) in [6.45, 7) is 4.28. The molecule has 96 valence electrons. The van der Waals surface area contributed by atoms with Gasteiger partial charge < -0.3 is 15.5 Å². The van der Waals surface area contributed by atoms with Crippen LogP contribution >= 0.6 is 0 Å². The van der Waals surface area contributed by atoms with Crippen molar-refractivity contribution in [1.29, 1.82) is 0 Å². The molecule has 1 atom stereocenters. The number of fused-ring (bicyclic) bond motifs is 1. The van der Waals surface area contributed by atoms with Crippen molar-refractivity contribution in [1.82, 2.24) is 14.7 Å². The van der Waals surface area contributed by atoms with Gasteiger partial charge in [-0.15, -0.1) is 0 Å². The van der Waals surface area contributed by atoms with E-state index in [1.807, 2.05) is 42.8 Å². The molecule has 2 aromatic rings. The summed E-state index contributed by atoms with van der Waals surface area (Å²) in [6, 6.07) is 3.91. The quantitative estimate of drug-likeness (QED) is 0.845. The number of pyridine rings is 1. The van der Waals surface area contributed by atoms with E-state index < -0.39 is 0 Å². The molecule has 2 aromatic heterocycles. The van der Waals surface area contributed by atoms with E-state index in [0.29, 0.717) is 13.0 Å². The topological polar surface area (TPSA) is 72.4 Å². The van der Waals surface area contributed by atoms with Crippen LogP contribution in [0.4, 0.5) is 0 Å². The Morgan fingerprint density at radius 2 is 2.39 bits per heavy atom. The highest BCUT2D eigenvalue weighted by Gasteiger charge is 2.06. The lowest BCUT2D eigenvalue weighted by molar-refractivity contribution is -0.121. The lowest BCUT2D eigenvalue weighted by Crippen LogP contribution is -2.29. The Morgan fingerprint density at radius 1 is 1.61 bits per heavy atom. The maximum Gasteiger partial charge on any atom is 0.221 e. The summed E-state index contributed by atoms with van der Waals surface area (Å²) in [6.07, 6.45) is 4.22. The SMILES string of the molecule is Cc1ccn2cc(CNC(=O)CC(C)N)nc2c1. The first-order valence-electron chi connectivity index (χ1n) is 6.01. The van der Waals surface area contributed by atoms with Crippen molar-refractivity contribution in [2.75, 3.05) is 0 Å². The molecule has 2 rings (SSSR count). The maximum atomic E-state index is 11.5. The monoisotopic (exact) mass is 246 g/mol. The highest BCUT2D eigenvalue weighted by atomic mass is 16.1. The average molecular weight is 246 g/mol. The number of rotatable bonds is 4. The summed E-state index contributed by atoms with van der Waals surface area (Å²) in [4.78, 5) is 15.9. The van der Waals surface area contributed by atoms with E-state index in [1.165, 1.54) is 5.56 Å². The number of hydrogen-bond donors (Lipinski definition) is 2. The summed E-state index contributed by atoms with van der Waals surface area (Å²) < 4.78 is 1.94. The third-order valence-corrected chi connectivity index (χ3v) is 2.64. The zero-order valence-electron chi connectivity index (χ0n) is 10.7. The van der Waals surface area contributed by atoms with Gasteiger partial charge in [0, 0.05) is 24.9 Å². The summed E-state index contributed by atoms with van der Waals surface area (Å²) in [5, 5.41) is 2.81. The Kier molecular flexibility index (Phi) is 3.62. The Morgan fingerprint density at radius 3 is 3.11 bits per heavy atom. The molecule has 5 heteroatoms. The Balaban J connectivity index is 2.02. The molecular weight excluding hydrogens is 228 g/mol. The van der Waals surface area contributed by atoms with Crippen LogP contribution in [0.25, 0.3) is 5.65 Å². The highest BCUT2D eigenvalue weighted by Crippen LogP contribution is 2.07. The molecule has 0 saturated carbocycles. The van der Waals surface area contributed by atoms with Gasteiger partial charge in [0.15, 0.2) is 0 Å². The van der Waals surface area contributed by atoms with Gasteiger partial charge >= 0.3 is 0 Å². The van der Waals surface area contributed by atoms with Crippen molar-refractivity contribution < 1.29 is 4.79 Å². The van der Waals surface area contributed by atoms with Gasteiger partial charge in [0.05, 0.1) is 12.2 Å². The molecule has 18 heavy (non-hydrogen) atoms. The molecule has 0 aromatic carbocycles. The number of carbonyl (C=O) groups is 1. The number of nitrogens with zero attached hydrogens (tertiary/aromatic N) is 2. The predicted molar refractivity (Wildman–Crippen MR) is 70.0 cm³/mol. The van der Waals surface area contributed by atoms with Gasteiger partial charge in [-0.1, -0.05) is 0 Å².